The number of nitriles is 1. The highest BCUT2D eigenvalue weighted by molar-refractivity contribution is 6.33. The van der Waals surface area contributed by atoms with E-state index in [1.54, 1.807) is 30.3 Å². The second-order valence-electron chi connectivity index (χ2n) is 5.20. The van der Waals surface area contributed by atoms with E-state index in [4.69, 9.17) is 11.6 Å². The van der Waals surface area contributed by atoms with E-state index in [2.05, 4.69) is 4.98 Å². The van der Waals surface area contributed by atoms with Crippen molar-refractivity contribution in [2.75, 3.05) is 0 Å². The fourth-order valence-electron chi connectivity index (χ4n) is 2.48. The Hall–Kier alpha value is -3.43. The lowest BCUT2D eigenvalue weighted by Crippen LogP contribution is -2.12. The third-order valence-electron chi connectivity index (χ3n) is 3.70. The monoisotopic (exact) mass is 351 g/mol. The second-order valence-corrected chi connectivity index (χ2v) is 5.60. The lowest BCUT2D eigenvalue weighted by molar-refractivity contribution is -0.384. The van der Waals surface area contributed by atoms with Gasteiger partial charge in [-0.3, -0.25) is 14.9 Å². The number of halogens is 1. The molecule has 0 radical (unpaired) electrons. The zero-order chi connectivity index (χ0) is 18.0. The Morgan fingerprint density at radius 3 is 2.36 bits per heavy atom. The number of pyridine rings is 1. The van der Waals surface area contributed by atoms with Crippen molar-refractivity contribution in [1.82, 2.24) is 4.98 Å². The molecule has 0 aliphatic heterocycles. The number of nitrogens with one attached hydrogen (secondary N) is 1. The maximum absolute atomic E-state index is 12.3. The van der Waals surface area contributed by atoms with Crippen LogP contribution in [0.15, 0.2) is 59.4 Å². The number of nitro benzene ring substituents is 1. The fraction of sp³-hybridized carbons (Fsp3) is 0. The first-order valence-electron chi connectivity index (χ1n) is 7.18. The topological polar surface area (TPSA) is 99.8 Å². The van der Waals surface area contributed by atoms with Gasteiger partial charge in [0.25, 0.3) is 11.2 Å². The van der Waals surface area contributed by atoms with Gasteiger partial charge in [0.2, 0.25) is 0 Å². The smallest absolute Gasteiger partial charge is 0.269 e. The minimum absolute atomic E-state index is 0.0428. The third kappa shape index (κ3) is 3.13. The van der Waals surface area contributed by atoms with Gasteiger partial charge in [-0.2, -0.15) is 5.26 Å². The van der Waals surface area contributed by atoms with Crippen LogP contribution in [0.4, 0.5) is 5.69 Å². The highest BCUT2D eigenvalue weighted by Gasteiger charge is 2.15. The molecule has 6 nitrogen and oxygen atoms in total. The number of H-pyrrole nitrogens is 1. The Bertz CT molecular complexity index is 1070. The summed E-state index contributed by atoms with van der Waals surface area (Å²) in [5.74, 6) is 0. The normalized spacial score (nSPS) is 10.2. The van der Waals surface area contributed by atoms with Crippen LogP contribution in [0.5, 0.6) is 0 Å². The minimum atomic E-state index is -0.548. The number of nitro groups is 1. The molecule has 0 bridgehead atoms. The van der Waals surface area contributed by atoms with Crippen LogP contribution >= 0.6 is 11.6 Å². The zero-order valence-corrected chi connectivity index (χ0v) is 13.4. The molecule has 3 rings (SSSR count). The van der Waals surface area contributed by atoms with E-state index in [0.717, 1.165) is 0 Å². The predicted molar refractivity (Wildman–Crippen MR) is 94.3 cm³/mol. The summed E-state index contributed by atoms with van der Waals surface area (Å²) in [7, 11) is 0. The Morgan fingerprint density at radius 1 is 1.08 bits per heavy atom. The molecule has 122 valence electrons. The Kier molecular flexibility index (Phi) is 4.33. The lowest BCUT2D eigenvalue weighted by Gasteiger charge is -2.09. The maximum Gasteiger partial charge on any atom is 0.269 e. The van der Waals surface area contributed by atoms with Gasteiger partial charge in [-0.1, -0.05) is 29.8 Å². The number of rotatable bonds is 3. The van der Waals surface area contributed by atoms with E-state index in [9.17, 15) is 20.2 Å². The first kappa shape index (κ1) is 16.4. The molecule has 25 heavy (non-hydrogen) atoms. The van der Waals surface area contributed by atoms with Crippen LogP contribution in [-0.4, -0.2) is 9.91 Å². The van der Waals surface area contributed by atoms with Crippen molar-refractivity contribution >= 4 is 17.3 Å². The summed E-state index contributed by atoms with van der Waals surface area (Å²) in [4.78, 5) is 25.2. The van der Waals surface area contributed by atoms with Gasteiger partial charge >= 0.3 is 0 Å². The molecule has 0 fully saturated rings. The van der Waals surface area contributed by atoms with Gasteiger partial charge in [-0.25, -0.2) is 0 Å². The maximum atomic E-state index is 12.3. The van der Waals surface area contributed by atoms with Crippen molar-refractivity contribution < 1.29 is 4.92 Å². The van der Waals surface area contributed by atoms with Crippen molar-refractivity contribution in [3.8, 4) is 28.5 Å². The number of benzene rings is 2. The summed E-state index contributed by atoms with van der Waals surface area (Å²) in [6.45, 7) is 0. The molecular formula is C18H10ClN3O3. The molecule has 1 heterocycles. The number of nitrogens with zero attached hydrogens (tertiary/aromatic N) is 2. The van der Waals surface area contributed by atoms with Crippen LogP contribution in [-0.2, 0) is 0 Å². The number of hydrogen-bond acceptors (Lipinski definition) is 4. The third-order valence-corrected chi connectivity index (χ3v) is 4.03. The van der Waals surface area contributed by atoms with Gasteiger partial charge < -0.3 is 4.98 Å². The number of hydrogen-bond donors (Lipinski definition) is 1. The molecule has 0 aliphatic rings. The molecule has 0 spiro atoms. The van der Waals surface area contributed by atoms with E-state index in [0.29, 0.717) is 27.4 Å². The van der Waals surface area contributed by atoms with Crippen LogP contribution in [0.1, 0.15) is 5.56 Å². The van der Waals surface area contributed by atoms with E-state index >= 15 is 0 Å². The Morgan fingerprint density at radius 2 is 1.76 bits per heavy atom. The van der Waals surface area contributed by atoms with Gasteiger partial charge in [0.05, 0.1) is 4.92 Å². The number of non-ortho nitro benzene ring substituents is 1. The summed E-state index contributed by atoms with van der Waals surface area (Å²) < 4.78 is 0. The highest BCUT2D eigenvalue weighted by Crippen LogP contribution is 2.31. The summed E-state index contributed by atoms with van der Waals surface area (Å²) in [5.41, 5.74) is 1.35. The van der Waals surface area contributed by atoms with Crippen LogP contribution in [0, 0.1) is 21.4 Å². The van der Waals surface area contributed by atoms with Crippen molar-refractivity contribution in [3.63, 3.8) is 0 Å². The fourth-order valence-corrected chi connectivity index (χ4v) is 2.72. The van der Waals surface area contributed by atoms with E-state index in [1.807, 2.05) is 6.07 Å². The molecule has 1 N–H and O–H groups in total. The molecule has 0 amide bonds. The molecule has 0 atom stereocenters. The summed E-state index contributed by atoms with van der Waals surface area (Å²) >= 11 is 6.20. The highest BCUT2D eigenvalue weighted by atomic mass is 35.5. The van der Waals surface area contributed by atoms with Gasteiger partial charge in [0.1, 0.15) is 11.6 Å². The average molecular weight is 352 g/mol. The molecule has 2 aromatic carbocycles. The second kappa shape index (κ2) is 6.59. The number of aromatic nitrogens is 1. The lowest BCUT2D eigenvalue weighted by atomic mass is 9.99. The van der Waals surface area contributed by atoms with Crippen LogP contribution in [0.2, 0.25) is 5.02 Å². The zero-order valence-electron chi connectivity index (χ0n) is 12.7. The first-order valence-corrected chi connectivity index (χ1v) is 7.56. The van der Waals surface area contributed by atoms with Crippen LogP contribution in [0.3, 0.4) is 0 Å². The van der Waals surface area contributed by atoms with Crippen LogP contribution in [0.25, 0.3) is 22.4 Å². The molecule has 1 aromatic heterocycles. The first-order chi connectivity index (χ1) is 12.0. The van der Waals surface area contributed by atoms with Gasteiger partial charge in [0, 0.05) is 34.0 Å². The molecule has 0 unspecified atom stereocenters. The molecule has 0 aliphatic carbocycles. The molecule has 7 heteroatoms. The predicted octanol–water partition coefficient (Wildman–Crippen LogP) is 4.14. The van der Waals surface area contributed by atoms with Gasteiger partial charge in [0.15, 0.2) is 0 Å². The SMILES string of the molecule is N#Cc1c(-c2ccccc2Cl)cc(-c2ccc([N+](=O)[O-])cc2)[nH]c1=O. The average Bonchev–Trinajstić information content (AvgIpc) is 2.61. The largest absolute Gasteiger partial charge is 0.321 e. The Balaban J connectivity index is 2.21. The van der Waals surface area contributed by atoms with Crippen molar-refractivity contribution in [2.24, 2.45) is 0 Å². The minimum Gasteiger partial charge on any atom is -0.321 e. The van der Waals surface area contributed by atoms with E-state index < -0.39 is 10.5 Å². The van der Waals surface area contributed by atoms with Gasteiger partial charge in [-0.15, -0.1) is 0 Å². The summed E-state index contributed by atoms with van der Waals surface area (Å²) in [6.07, 6.45) is 0. The quantitative estimate of drug-likeness (QED) is 0.566. The number of aromatic amines is 1. The van der Waals surface area contributed by atoms with Crippen molar-refractivity contribution in [1.29, 1.82) is 5.26 Å². The van der Waals surface area contributed by atoms with E-state index in [-0.39, 0.29) is 11.3 Å². The summed E-state index contributed by atoms with van der Waals surface area (Å²) in [6, 6.07) is 16.2. The molecule has 0 saturated carbocycles. The molecular weight excluding hydrogens is 342 g/mol. The van der Waals surface area contributed by atoms with E-state index in [1.165, 1.54) is 24.3 Å². The van der Waals surface area contributed by atoms with Crippen molar-refractivity contribution in [3.05, 3.63) is 85.7 Å². The van der Waals surface area contributed by atoms with Crippen molar-refractivity contribution in [2.45, 2.75) is 0 Å². The molecule has 3 aromatic rings. The Labute approximate surface area is 147 Å². The molecule has 0 saturated heterocycles. The summed E-state index contributed by atoms with van der Waals surface area (Å²) in [5, 5.41) is 20.5. The van der Waals surface area contributed by atoms with Gasteiger partial charge in [-0.05, 0) is 29.8 Å². The standard InChI is InChI=1S/C18H10ClN3O3/c19-16-4-2-1-3-13(16)14-9-17(21-18(23)15(14)10-20)11-5-7-12(8-6-11)22(24)25/h1-9H,(H,21,23). The van der Waals surface area contributed by atoms with Crippen LogP contribution < -0.4 is 5.56 Å².